The summed E-state index contributed by atoms with van der Waals surface area (Å²) in [5, 5.41) is 10.6. The lowest BCUT2D eigenvalue weighted by molar-refractivity contribution is -0.141. The Hall–Kier alpha value is -1.92. The minimum Gasteiger partial charge on any atom is -0.350 e. The molecule has 0 radical (unpaired) electrons. The molecule has 0 aliphatic carbocycles. The van der Waals surface area contributed by atoms with E-state index in [0.29, 0.717) is 6.54 Å². The topological polar surface area (TPSA) is 80.1 Å². The van der Waals surface area contributed by atoms with Gasteiger partial charge in [0.2, 0.25) is 11.8 Å². The molecule has 0 saturated heterocycles. The zero-order chi connectivity index (χ0) is 14.9. The fourth-order valence-corrected chi connectivity index (χ4v) is 2.16. The van der Waals surface area contributed by atoms with E-state index in [1.54, 1.807) is 22.7 Å². The second kappa shape index (κ2) is 5.22. The van der Waals surface area contributed by atoms with Crippen molar-refractivity contribution in [2.75, 3.05) is 6.54 Å². The molecular formula is C13H21N5O2. The van der Waals surface area contributed by atoms with Crippen LogP contribution in [0.3, 0.4) is 0 Å². The van der Waals surface area contributed by atoms with Gasteiger partial charge in [-0.1, -0.05) is 12.1 Å². The number of amides is 2. The van der Waals surface area contributed by atoms with Gasteiger partial charge >= 0.3 is 0 Å². The van der Waals surface area contributed by atoms with Crippen LogP contribution in [0.25, 0.3) is 0 Å². The van der Waals surface area contributed by atoms with Crippen LogP contribution < -0.4 is 5.32 Å². The highest BCUT2D eigenvalue weighted by molar-refractivity contribution is 5.87. The highest BCUT2D eigenvalue weighted by Crippen LogP contribution is 2.20. The molecule has 1 aliphatic rings. The van der Waals surface area contributed by atoms with Crippen molar-refractivity contribution in [2.24, 2.45) is 0 Å². The SMILES string of the molecule is CCC(C)(C)NC(=O)CN1Cc2cnnn2[C@@H](C)C1=O. The number of hydrogen-bond donors (Lipinski definition) is 1. The van der Waals surface area contributed by atoms with Gasteiger partial charge in [0, 0.05) is 5.54 Å². The molecular weight excluding hydrogens is 258 g/mol. The summed E-state index contributed by atoms with van der Waals surface area (Å²) in [5.41, 5.74) is 0.588. The molecule has 2 heterocycles. The average Bonchev–Trinajstić information content (AvgIpc) is 2.83. The van der Waals surface area contributed by atoms with Crippen molar-refractivity contribution in [1.29, 1.82) is 0 Å². The van der Waals surface area contributed by atoms with E-state index in [0.717, 1.165) is 12.1 Å². The molecule has 20 heavy (non-hydrogen) atoms. The maximum absolute atomic E-state index is 12.2. The van der Waals surface area contributed by atoms with Crippen molar-refractivity contribution in [3.63, 3.8) is 0 Å². The van der Waals surface area contributed by atoms with Gasteiger partial charge in [-0.2, -0.15) is 0 Å². The van der Waals surface area contributed by atoms with E-state index in [2.05, 4.69) is 15.6 Å². The van der Waals surface area contributed by atoms with Crippen molar-refractivity contribution < 1.29 is 9.59 Å². The minimum atomic E-state index is -0.409. The zero-order valence-corrected chi connectivity index (χ0v) is 12.4. The molecule has 7 nitrogen and oxygen atoms in total. The lowest BCUT2D eigenvalue weighted by Gasteiger charge is -2.32. The quantitative estimate of drug-likeness (QED) is 0.869. The highest BCUT2D eigenvalue weighted by atomic mass is 16.2. The first-order valence-electron chi connectivity index (χ1n) is 6.83. The fraction of sp³-hybridized carbons (Fsp3) is 0.692. The van der Waals surface area contributed by atoms with Crippen LogP contribution in [-0.2, 0) is 16.1 Å². The van der Waals surface area contributed by atoms with Crippen LogP contribution in [0.2, 0.25) is 0 Å². The van der Waals surface area contributed by atoms with E-state index < -0.39 is 6.04 Å². The molecule has 1 N–H and O–H groups in total. The maximum Gasteiger partial charge on any atom is 0.248 e. The maximum atomic E-state index is 12.2. The lowest BCUT2D eigenvalue weighted by Crippen LogP contribution is -2.50. The second-order valence-electron chi connectivity index (χ2n) is 5.83. The summed E-state index contributed by atoms with van der Waals surface area (Å²) in [6.07, 6.45) is 2.46. The first-order valence-corrected chi connectivity index (χ1v) is 6.83. The van der Waals surface area contributed by atoms with Crippen molar-refractivity contribution in [3.8, 4) is 0 Å². The monoisotopic (exact) mass is 279 g/mol. The Labute approximate surface area is 118 Å². The van der Waals surface area contributed by atoms with Crippen LogP contribution >= 0.6 is 0 Å². The van der Waals surface area contributed by atoms with E-state index in [9.17, 15) is 9.59 Å². The van der Waals surface area contributed by atoms with Gasteiger partial charge in [-0.3, -0.25) is 9.59 Å². The third kappa shape index (κ3) is 2.81. The normalized spacial score (nSPS) is 18.9. The Morgan fingerprint density at radius 1 is 1.55 bits per heavy atom. The number of rotatable bonds is 4. The standard InChI is InChI=1S/C13H21N5O2/c1-5-13(3,4)15-11(19)8-17-7-10-6-14-16-18(10)9(2)12(17)20/h6,9H,5,7-8H2,1-4H3,(H,15,19)/t9-/m0/s1. The van der Waals surface area contributed by atoms with Crippen LogP contribution in [0.5, 0.6) is 0 Å². The van der Waals surface area contributed by atoms with Gasteiger partial charge < -0.3 is 10.2 Å². The van der Waals surface area contributed by atoms with Gasteiger partial charge in [0.15, 0.2) is 0 Å². The lowest BCUT2D eigenvalue weighted by atomic mass is 10.0. The van der Waals surface area contributed by atoms with Gasteiger partial charge in [-0.25, -0.2) is 4.68 Å². The van der Waals surface area contributed by atoms with Gasteiger partial charge in [-0.05, 0) is 27.2 Å². The van der Waals surface area contributed by atoms with Crippen molar-refractivity contribution in [1.82, 2.24) is 25.2 Å². The van der Waals surface area contributed by atoms with Gasteiger partial charge in [0.05, 0.1) is 18.4 Å². The fourth-order valence-electron chi connectivity index (χ4n) is 2.16. The Balaban J connectivity index is 2.04. The molecule has 1 atom stereocenters. The predicted octanol–water partition coefficient (Wildman–Crippen LogP) is 0.486. The van der Waals surface area contributed by atoms with E-state index in [4.69, 9.17) is 0 Å². The first-order chi connectivity index (χ1) is 9.34. The molecule has 0 bridgehead atoms. The van der Waals surface area contributed by atoms with Crippen LogP contribution in [0.15, 0.2) is 6.20 Å². The minimum absolute atomic E-state index is 0.0672. The average molecular weight is 279 g/mol. The Morgan fingerprint density at radius 3 is 2.90 bits per heavy atom. The molecule has 2 amide bonds. The van der Waals surface area contributed by atoms with E-state index in [1.165, 1.54) is 0 Å². The number of nitrogens with zero attached hydrogens (tertiary/aromatic N) is 4. The Bertz CT molecular complexity index is 523. The van der Waals surface area contributed by atoms with Gasteiger partial charge in [0.25, 0.3) is 0 Å². The van der Waals surface area contributed by atoms with Crippen molar-refractivity contribution in [2.45, 2.75) is 52.2 Å². The number of fused-ring (bicyclic) bond motifs is 1. The molecule has 7 heteroatoms. The summed E-state index contributed by atoms with van der Waals surface area (Å²) in [6.45, 7) is 8.14. The molecule has 1 aliphatic heterocycles. The Kier molecular flexibility index (Phi) is 3.78. The molecule has 0 spiro atoms. The largest absolute Gasteiger partial charge is 0.350 e. The zero-order valence-electron chi connectivity index (χ0n) is 12.4. The number of nitrogens with one attached hydrogen (secondary N) is 1. The Morgan fingerprint density at radius 2 is 2.25 bits per heavy atom. The van der Waals surface area contributed by atoms with E-state index >= 15 is 0 Å². The smallest absolute Gasteiger partial charge is 0.248 e. The van der Waals surface area contributed by atoms with Gasteiger partial charge in [0.1, 0.15) is 12.6 Å². The third-order valence-corrected chi connectivity index (χ3v) is 3.73. The van der Waals surface area contributed by atoms with Gasteiger partial charge in [-0.15, -0.1) is 5.10 Å². The summed E-state index contributed by atoms with van der Waals surface area (Å²) in [7, 11) is 0. The summed E-state index contributed by atoms with van der Waals surface area (Å²) in [4.78, 5) is 25.8. The molecule has 1 aromatic heterocycles. The van der Waals surface area contributed by atoms with Crippen molar-refractivity contribution in [3.05, 3.63) is 11.9 Å². The number of aromatic nitrogens is 3. The summed E-state index contributed by atoms with van der Waals surface area (Å²) in [5.74, 6) is -0.245. The summed E-state index contributed by atoms with van der Waals surface area (Å²) in [6, 6.07) is -0.409. The highest BCUT2D eigenvalue weighted by Gasteiger charge is 2.32. The number of hydrogen-bond acceptors (Lipinski definition) is 4. The molecule has 2 rings (SSSR count). The van der Waals surface area contributed by atoms with E-state index in [-0.39, 0.29) is 23.9 Å². The second-order valence-corrected chi connectivity index (χ2v) is 5.83. The first kappa shape index (κ1) is 14.5. The molecule has 0 fully saturated rings. The molecule has 0 saturated carbocycles. The molecule has 0 aromatic carbocycles. The number of carbonyl (C=O) groups excluding carboxylic acids is 2. The molecule has 0 unspecified atom stereocenters. The molecule has 1 aromatic rings. The van der Waals surface area contributed by atoms with Crippen LogP contribution in [0, 0.1) is 0 Å². The molecule has 110 valence electrons. The van der Waals surface area contributed by atoms with Crippen LogP contribution in [-0.4, -0.2) is 43.8 Å². The third-order valence-electron chi connectivity index (χ3n) is 3.73. The van der Waals surface area contributed by atoms with E-state index in [1.807, 2.05) is 20.8 Å². The van der Waals surface area contributed by atoms with Crippen LogP contribution in [0.1, 0.15) is 45.9 Å². The number of carbonyl (C=O) groups is 2. The van der Waals surface area contributed by atoms with Crippen LogP contribution in [0.4, 0.5) is 0 Å². The summed E-state index contributed by atoms with van der Waals surface area (Å²) < 4.78 is 1.60. The predicted molar refractivity (Wildman–Crippen MR) is 72.7 cm³/mol. The summed E-state index contributed by atoms with van der Waals surface area (Å²) >= 11 is 0. The van der Waals surface area contributed by atoms with Crippen molar-refractivity contribution >= 4 is 11.8 Å².